The van der Waals surface area contributed by atoms with E-state index in [2.05, 4.69) is 10.3 Å². The highest BCUT2D eigenvalue weighted by atomic mass is 19.4. The Labute approximate surface area is 144 Å². The van der Waals surface area contributed by atoms with Crippen LogP contribution in [0.1, 0.15) is 5.82 Å². The minimum Gasteiger partial charge on any atom is -0.324 e. The zero-order valence-corrected chi connectivity index (χ0v) is 13.0. The minimum absolute atomic E-state index is 0.113. The fourth-order valence-corrected chi connectivity index (χ4v) is 2.49. The van der Waals surface area contributed by atoms with Gasteiger partial charge in [-0.2, -0.15) is 13.2 Å². The predicted molar refractivity (Wildman–Crippen MR) is 86.5 cm³/mol. The molecule has 134 valence electrons. The van der Waals surface area contributed by atoms with Crippen LogP contribution in [-0.2, 0) is 17.5 Å². The van der Waals surface area contributed by atoms with Crippen molar-refractivity contribution in [3.05, 3.63) is 64.5 Å². The topological polar surface area (TPSA) is 90.1 Å². The fraction of sp³-hybridized carbons (Fsp3) is 0.125. The van der Waals surface area contributed by atoms with Crippen LogP contribution in [0.4, 0.5) is 24.5 Å². The molecule has 3 aromatic rings. The van der Waals surface area contributed by atoms with Gasteiger partial charge in [-0.3, -0.25) is 14.9 Å². The molecule has 1 aromatic heterocycles. The number of nitro benzene ring substituents is 1. The molecule has 10 heteroatoms. The van der Waals surface area contributed by atoms with Gasteiger partial charge in [0.15, 0.2) is 0 Å². The molecular formula is C16H11F3N4O3. The molecule has 0 aliphatic rings. The first-order chi connectivity index (χ1) is 12.3. The number of fused-ring (bicyclic) bond motifs is 1. The van der Waals surface area contributed by atoms with Crippen molar-refractivity contribution in [2.45, 2.75) is 12.7 Å². The molecule has 0 aliphatic heterocycles. The number of amides is 1. The van der Waals surface area contributed by atoms with Crippen LogP contribution < -0.4 is 5.32 Å². The number of nitro groups is 1. The molecule has 0 bridgehead atoms. The molecule has 2 aromatic carbocycles. The average Bonchev–Trinajstić information content (AvgIpc) is 2.94. The maximum atomic E-state index is 13.2. The number of para-hydroxylation sites is 2. The van der Waals surface area contributed by atoms with Gasteiger partial charge in [0.1, 0.15) is 6.54 Å². The minimum atomic E-state index is -4.73. The van der Waals surface area contributed by atoms with E-state index < -0.39 is 29.4 Å². The average molecular weight is 364 g/mol. The van der Waals surface area contributed by atoms with Crippen molar-refractivity contribution < 1.29 is 22.9 Å². The van der Waals surface area contributed by atoms with Crippen molar-refractivity contribution in [2.75, 3.05) is 5.32 Å². The van der Waals surface area contributed by atoms with Crippen LogP contribution in [0.2, 0.25) is 0 Å². The molecule has 0 saturated heterocycles. The molecule has 3 rings (SSSR count). The van der Waals surface area contributed by atoms with Gasteiger partial charge in [0, 0.05) is 17.8 Å². The van der Waals surface area contributed by atoms with Gasteiger partial charge in [-0.05, 0) is 18.2 Å². The van der Waals surface area contributed by atoms with Gasteiger partial charge in [-0.25, -0.2) is 4.98 Å². The van der Waals surface area contributed by atoms with Gasteiger partial charge in [0.05, 0.1) is 16.0 Å². The molecule has 1 amide bonds. The van der Waals surface area contributed by atoms with Gasteiger partial charge in [0.25, 0.3) is 5.69 Å². The molecule has 7 nitrogen and oxygen atoms in total. The number of hydrogen-bond acceptors (Lipinski definition) is 4. The second kappa shape index (κ2) is 6.47. The lowest BCUT2D eigenvalue weighted by atomic mass is 10.3. The molecule has 0 atom stereocenters. The zero-order valence-electron chi connectivity index (χ0n) is 13.0. The number of benzene rings is 2. The van der Waals surface area contributed by atoms with Crippen LogP contribution in [0.15, 0.2) is 48.5 Å². The van der Waals surface area contributed by atoms with Gasteiger partial charge in [-0.15, -0.1) is 0 Å². The number of imidazole rings is 1. The molecule has 0 aliphatic carbocycles. The molecule has 1 heterocycles. The number of rotatable bonds is 4. The first-order valence-corrected chi connectivity index (χ1v) is 7.32. The summed E-state index contributed by atoms with van der Waals surface area (Å²) in [5.74, 6) is -1.95. The standard InChI is InChI=1S/C16H11F3N4O3/c17-16(18,19)15-21-12-6-1-2-7-13(12)22(15)9-14(24)20-10-4-3-5-11(8-10)23(25)26/h1-8H,9H2,(H,20,24). The number of anilines is 1. The normalized spacial score (nSPS) is 11.5. The number of carbonyl (C=O) groups is 1. The van der Waals surface area contributed by atoms with Crippen LogP contribution in [0.5, 0.6) is 0 Å². The van der Waals surface area contributed by atoms with Crippen molar-refractivity contribution in [1.29, 1.82) is 0 Å². The smallest absolute Gasteiger partial charge is 0.324 e. The Kier molecular flexibility index (Phi) is 4.33. The number of alkyl halides is 3. The summed E-state index contributed by atoms with van der Waals surface area (Å²) in [6, 6.07) is 11.1. The molecule has 0 unspecified atom stereocenters. The Morgan fingerprint density at radius 2 is 1.92 bits per heavy atom. The number of non-ortho nitro benzene ring substituents is 1. The largest absolute Gasteiger partial charge is 0.449 e. The first-order valence-electron chi connectivity index (χ1n) is 7.32. The van der Waals surface area contributed by atoms with E-state index in [9.17, 15) is 28.1 Å². The van der Waals surface area contributed by atoms with Crippen molar-refractivity contribution >= 4 is 28.3 Å². The van der Waals surface area contributed by atoms with E-state index in [0.29, 0.717) is 0 Å². The van der Waals surface area contributed by atoms with Gasteiger partial charge >= 0.3 is 6.18 Å². The summed E-state index contributed by atoms with van der Waals surface area (Å²) in [7, 11) is 0. The van der Waals surface area contributed by atoms with Gasteiger partial charge in [0.2, 0.25) is 11.7 Å². The van der Waals surface area contributed by atoms with Gasteiger partial charge < -0.3 is 9.88 Å². The summed E-state index contributed by atoms with van der Waals surface area (Å²) in [5, 5.41) is 13.1. The zero-order chi connectivity index (χ0) is 18.9. The monoisotopic (exact) mass is 364 g/mol. The lowest BCUT2D eigenvalue weighted by Gasteiger charge is -2.11. The molecule has 26 heavy (non-hydrogen) atoms. The van der Waals surface area contributed by atoms with Crippen LogP contribution in [-0.4, -0.2) is 20.4 Å². The third-order valence-corrected chi connectivity index (χ3v) is 3.55. The van der Waals surface area contributed by atoms with E-state index in [-0.39, 0.29) is 22.4 Å². The summed E-state index contributed by atoms with van der Waals surface area (Å²) >= 11 is 0. The van der Waals surface area contributed by atoms with Crippen LogP contribution in [0.3, 0.4) is 0 Å². The van der Waals surface area contributed by atoms with Crippen LogP contribution >= 0.6 is 0 Å². The van der Waals surface area contributed by atoms with E-state index in [1.165, 1.54) is 30.3 Å². The van der Waals surface area contributed by atoms with Crippen LogP contribution in [0, 0.1) is 10.1 Å². The second-order valence-corrected chi connectivity index (χ2v) is 5.36. The number of halogens is 3. The number of hydrogen-bond donors (Lipinski definition) is 1. The Morgan fingerprint density at radius 3 is 2.62 bits per heavy atom. The summed E-state index contributed by atoms with van der Waals surface area (Å²) in [5.41, 5.74) is 0.144. The first kappa shape index (κ1) is 17.4. The maximum absolute atomic E-state index is 13.2. The lowest BCUT2D eigenvalue weighted by molar-refractivity contribution is -0.384. The maximum Gasteiger partial charge on any atom is 0.449 e. The Hall–Kier alpha value is -3.43. The molecule has 0 fully saturated rings. The molecule has 1 N–H and O–H groups in total. The number of nitrogens with zero attached hydrogens (tertiary/aromatic N) is 3. The number of aromatic nitrogens is 2. The van der Waals surface area contributed by atoms with E-state index in [1.807, 2.05) is 0 Å². The SMILES string of the molecule is O=C(Cn1c(C(F)(F)F)nc2ccccc21)Nc1cccc([N+](=O)[O-])c1. The predicted octanol–water partition coefficient (Wildman–Crippen LogP) is 3.60. The van der Waals surface area contributed by atoms with Crippen molar-refractivity contribution in [2.24, 2.45) is 0 Å². The Morgan fingerprint density at radius 1 is 1.19 bits per heavy atom. The fourth-order valence-electron chi connectivity index (χ4n) is 2.49. The van der Waals surface area contributed by atoms with E-state index >= 15 is 0 Å². The van der Waals surface area contributed by atoms with Crippen molar-refractivity contribution in [3.8, 4) is 0 Å². The molecule has 0 spiro atoms. The van der Waals surface area contributed by atoms with Crippen LogP contribution in [0.25, 0.3) is 11.0 Å². The van der Waals surface area contributed by atoms with E-state index in [1.54, 1.807) is 12.1 Å². The third kappa shape index (κ3) is 3.48. The Balaban J connectivity index is 1.90. The highest BCUT2D eigenvalue weighted by molar-refractivity contribution is 5.92. The van der Waals surface area contributed by atoms with Crippen molar-refractivity contribution in [3.63, 3.8) is 0 Å². The van der Waals surface area contributed by atoms with E-state index in [0.717, 1.165) is 10.6 Å². The summed E-state index contributed by atoms with van der Waals surface area (Å²) in [6.45, 7) is -0.641. The van der Waals surface area contributed by atoms with Gasteiger partial charge in [-0.1, -0.05) is 18.2 Å². The highest BCUT2D eigenvalue weighted by Crippen LogP contribution is 2.31. The second-order valence-electron chi connectivity index (χ2n) is 5.36. The van der Waals surface area contributed by atoms with Crippen molar-refractivity contribution in [1.82, 2.24) is 9.55 Å². The summed E-state index contributed by atoms with van der Waals surface area (Å²) in [6.07, 6.45) is -4.73. The molecular weight excluding hydrogens is 353 g/mol. The molecule has 0 radical (unpaired) electrons. The summed E-state index contributed by atoms with van der Waals surface area (Å²) in [4.78, 5) is 25.9. The third-order valence-electron chi connectivity index (χ3n) is 3.55. The molecule has 0 saturated carbocycles. The number of carbonyl (C=O) groups excluding carboxylic acids is 1. The Bertz CT molecular complexity index is 998. The lowest BCUT2D eigenvalue weighted by Crippen LogP contribution is -2.23. The summed E-state index contributed by atoms with van der Waals surface area (Å²) < 4.78 is 40.4. The number of nitrogens with one attached hydrogen (secondary N) is 1. The quantitative estimate of drug-likeness (QED) is 0.566. The van der Waals surface area contributed by atoms with E-state index in [4.69, 9.17) is 0 Å². The highest BCUT2D eigenvalue weighted by Gasteiger charge is 2.38.